The monoisotopic (exact) mass is 266 g/mol. The van der Waals surface area contributed by atoms with Crippen LogP contribution < -0.4 is 5.32 Å². The highest BCUT2D eigenvalue weighted by molar-refractivity contribution is 5.97. The fraction of sp³-hybridized carbons (Fsp3) is 0.867. The Morgan fingerprint density at radius 3 is 2.37 bits per heavy atom. The zero-order chi connectivity index (χ0) is 14.2. The van der Waals surface area contributed by atoms with Gasteiger partial charge in [-0.2, -0.15) is 0 Å². The van der Waals surface area contributed by atoms with Gasteiger partial charge in [-0.3, -0.25) is 9.59 Å². The van der Waals surface area contributed by atoms with E-state index in [9.17, 15) is 9.59 Å². The van der Waals surface area contributed by atoms with Crippen LogP contribution in [0.4, 0.5) is 0 Å². The highest BCUT2D eigenvalue weighted by atomic mass is 16.2. The van der Waals surface area contributed by atoms with Gasteiger partial charge in [0.05, 0.1) is 0 Å². The van der Waals surface area contributed by atoms with Crippen molar-refractivity contribution >= 4 is 11.8 Å². The van der Waals surface area contributed by atoms with E-state index in [1.165, 1.54) is 0 Å². The van der Waals surface area contributed by atoms with Gasteiger partial charge in [-0.15, -0.1) is 0 Å². The Bertz CT molecular complexity index is 363. The molecule has 0 bridgehead atoms. The number of rotatable bonds is 5. The predicted molar refractivity (Wildman–Crippen MR) is 74.5 cm³/mol. The van der Waals surface area contributed by atoms with Gasteiger partial charge >= 0.3 is 0 Å². The van der Waals surface area contributed by atoms with Gasteiger partial charge in [0.25, 0.3) is 0 Å². The lowest BCUT2D eigenvalue weighted by molar-refractivity contribution is -0.151. The first-order chi connectivity index (χ1) is 8.91. The second-order valence-electron chi connectivity index (χ2n) is 6.57. The summed E-state index contributed by atoms with van der Waals surface area (Å²) in [5.41, 5.74) is 0. The van der Waals surface area contributed by atoms with Crippen molar-refractivity contribution in [2.24, 2.45) is 11.8 Å². The number of carbonyl (C=O) groups excluding carboxylic acids is 2. The molecule has 3 unspecified atom stereocenters. The minimum absolute atomic E-state index is 0.00731. The van der Waals surface area contributed by atoms with E-state index in [-0.39, 0.29) is 29.9 Å². The summed E-state index contributed by atoms with van der Waals surface area (Å²) in [4.78, 5) is 26.4. The van der Waals surface area contributed by atoms with Crippen LogP contribution in [0.25, 0.3) is 0 Å². The molecule has 108 valence electrons. The van der Waals surface area contributed by atoms with Crippen molar-refractivity contribution in [1.82, 2.24) is 10.2 Å². The van der Waals surface area contributed by atoms with Gasteiger partial charge in [0.1, 0.15) is 12.1 Å². The summed E-state index contributed by atoms with van der Waals surface area (Å²) < 4.78 is 0. The minimum atomic E-state index is -0.329. The van der Waals surface area contributed by atoms with Crippen LogP contribution in [-0.2, 0) is 9.59 Å². The number of carbonyl (C=O) groups is 2. The Morgan fingerprint density at radius 1 is 1.21 bits per heavy atom. The maximum Gasteiger partial charge on any atom is 0.246 e. The molecule has 1 N–H and O–H groups in total. The summed E-state index contributed by atoms with van der Waals surface area (Å²) in [5, 5.41) is 2.90. The summed E-state index contributed by atoms with van der Waals surface area (Å²) >= 11 is 0. The first-order valence-electron chi connectivity index (χ1n) is 7.54. The van der Waals surface area contributed by atoms with Gasteiger partial charge in [0.2, 0.25) is 11.8 Å². The molecule has 3 atom stereocenters. The highest BCUT2D eigenvalue weighted by Gasteiger charge is 2.46. The fourth-order valence-electron chi connectivity index (χ4n) is 2.87. The van der Waals surface area contributed by atoms with Crippen LogP contribution in [0.1, 0.15) is 53.4 Å². The van der Waals surface area contributed by atoms with Crippen LogP contribution in [0.3, 0.4) is 0 Å². The average molecular weight is 266 g/mol. The van der Waals surface area contributed by atoms with Crippen LogP contribution in [0.5, 0.6) is 0 Å². The molecule has 1 aliphatic carbocycles. The molecular formula is C15H26N2O2. The average Bonchev–Trinajstić information content (AvgIpc) is 3.15. The van der Waals surface area contributed by atoms with Crippen molar-refractivity contribution in [2.45, 2.75) is 71.5 Å². The van der Waals surface area contributed by atoms with Gasteiger partial charge in [0.15, 0.2) is 0 Å². The molecule has 0 aromatic heterocycles. The van der Waals surface area contributed by atoms with Gasteiger partial charge in [0, 0.05) is 6.04 Å². The Labute approximate surface area is 115 Å². The third-order valence-electron chi connectivity index (χ3n) is 4.35. The second kappa shape index (κ2) is 5.51. The molecule has 0 spiro atoms. The molecule has 4 nitrogen and oxygen atoms in total. The molecule has 2 rings (SSSR count). The molecule has 1 heterocycles. The Morgan fingerprint density at radius 2 is 1.84 bits per heavy atom. The van der Waals surface area contributed by atoms with E-state index in [0.717, 1.165) is 25.7 Å². The molecule has 4 heteroatoms. The molecule has 2 aliphatic rings. The van der Waals surface area contributed by atoms with Crippen LogP contribution in [0, 0.1) is 11.8 Å². The van der Waals surface area contributed by atoms with E-state index >= 15 is 0 Å². The maximum atomic E-state index is 12.6. The molecule has 1 saturated heterocycles. The van der Waals surface area contributed by atoms with Crippen LogP contribution in [0.15, 0.2) is 0 Å². The van der Waals surface area contributed by atoms with E-state index in [4.69, 9.17) is 0 Å². The maximum absolute atomic E-state index is 12.6. The van der Waals surface area contributed by atoms with E-state index < -0.39 is 0 Å². The summed E-state index contributed by atoms with van der Waals surface area (Å²) in [6.45, 7) is 8.28. The smallest absolute Gasteiger partial charge is 0.246 e. The van der Waals surface area contributed by atoms with Gasteiger partial charge in [-0.25, -0.2) is 0 Å². The van der Waals surface area contributed by atoms with E-state index in [1.807, 2.05) is 11.8 Å². The van der Waals surface area contributed by atoms with Crippen molar-refractivity contribution in [3.63, 3.8) is 0 Å². The molecule has 0 radical (unpaired) electrons. The minimum Gasteiger partial charge on any atom is -0.342 e. The molecule has 0 aromatic carbocycles. The lowest BCUT2D eigenvalue weighted by Gasteiger charge is -2.41. The quantitative estimate of drug-likeness (QED) is 0.826. The van der Waals surface area contributed by atoms with Crippen LogP contribution in [0.2, 0.25) is 0 Å². The van der Waals surface area contributed by atoms with Gasteiger partial charge in [-0.1, -0.05) is 13.8 Å². The predicted octanol–water partition coefficient (Wildman–Crippen LogP) is 1.94. The van der Waals surface area contributed by atoms with Gasteiger partial charge < -0.3 is 10.2 Å². The van der Waals surface area contributed by atoms with Gasteiger partial charge in [-0.05, 0) is 51.4 Å². The van der Waals surface area contributed by atoms with Crippen molar-refractivity contribution in [3.05, 3.63) is 0 Å². The number of nitrogens with one attached hydrogen (secondary N) is 1. The summed E-state index contributed by atoms with van der Waals surface area (Å²) in [6.07, 6.45) is 4.20. The number of amides is 2. The molecule has 19 heavy (non-hydrogen) atoms. The Kier molecular flexibility index (Phi) is 4.16. The standard InChI is InChI=1S/C15H26N2O2/c1-9(2)5-6-10(3)17-11(4)14(18)16-13(15(17)19)12-7-8-12/h9-13H,5-8H2,1-4H3,(H,16,18). The number of hydrogen-bond acceptors (Lipinski definition) is 2. The SMILES string of the molecule is CC(C)CCC(C)N1C(=O)C(C2CC2)NC(=O)C1C. The molecule has 2 amide bonds. The Hall–Kier alpha value is -1.06. The first kappa shape index (κ1) is 14.4. The zero-order valence-corrected chi connectivity index (χ0v) is 12.5. The number of piperazine rings is 1. The van der Waals surface area contributed by atoms with Crippen molar-refractivity contribution < 1.29 is 9.59 Å². The van der Waals surface area contributed by atoms with E-state index in [1.54, 1.807) is 0 Å². The summed E-state index contributed by atoms with van der Waals surface area (Å²) in [7, 11) is 0. The third-order valence-corrected chi connectivity index (χ3v) is 4.35. The van der Waals surface area contributed by atoms with E-state index in [0.29, 0.717) is 11.8 Å². The molecular weight excluding hydrogens is 240 g/mol. The highest BCUT2D eigenvalue weighted by Crippen LogP contribution is 2.35. The van der Waals surface area contributed by atoms with Crippen molar-refractivity contribution in [3.8, 4) is 0 Å². The molecule has 0 aromatic rings. The van der Waals surface area contributed by atoms with Crippen LogP contribution >= 0.6 is 0 Å². The first-order valence-corrected chi connectivity index (χ1v) is 7.54. The number of hydrogen-bond donors (Lipinski definition) is 1. The molecule has 2 fully saturated rings. The van der Waals surface area contributed by atoms with Crippen molar-refractivity contribution in [2.75, 3.05) is 0 Å². The molecule has 1 aliphatic heterocycles. The summed E-state index contributed by atoms with van der Waals surface area (Å²) in [5.74, 6) is 1.15. The number of nitrogens with zero attached hydrogens (tertiary/aromatic N) is 1. The molecule has 1 saturated carbocycles. The van der Waals surface area contributed by atoms with Crippen molar-refractivity contribution in [1.29, 1.82) is 0 Å². The fourth-order valence-corrected chi connectivity index (χ4v) is 2.87. The normalized spacial score (nSPS) is 29.6. The third kappa shape index (κ3) is 3.10. The Balaban J connectivity index is 2.06. The summed E-state index contributed by atoms with van der Waals surface area (Å²) in [6, 6.07) is -0.438. The van der Waals surface area contributed by atoms with Crippen LogP contribution in [-0.4, -0.2) is 34.8 Å². The van der Waals surface area contributed by atoms with E-state index in [2.05, 4.69) is 26.1 Å². The lowest BCUT2D eigenvalue weighted by atomic mass is 9.98. The lowest BCUT2D eigenvalue weighted by Crippen LogP contribution is -2.65. The largest absolute Gasteiger partial charge is 0.342 e. The zero-order valence-electron chi connectivity index (χ0n) is 12.5. The topological polar surface area (TPSA) is 49.4 Å². The second-order valence-corrected chi connectivity index (χ2v) is 6.57.